The van der Waals surface area contributed by atoms with Gasteiger partial charge in [-0.05, 0) is 85.0 Å². The molecular weight excluding hydrogens is 396 g/mol. The molecule has 152 valence electrons. The molecule has 0 spiro atoms. The summed E-state index contributed by atoms with van der Waals surface area (Å²) < 4.78 is 1.72. The van der Waals surface area contributed by atoms with Gasteiger partial charge >= 0.3 is 0 Å². The molecule has 0 saturated heterocycles. The number of rotatable bonds is 1. The molecule has 32 heavy (non-hydrogen) atoms. The van der Waals surface area contributed by atoms with E-state index in [0.29, 0.717) is 5.56 Å². The minimum Gasteiger partial charge on any atom is -0.355 e. The summed E-state index contributed by atoms with van der Waals surface area (Å²) in [5, 5.41) is 0. The predicted octanol–water partition coefficient (Wildman–Crippen LogP) is 5.82. The van der Waals surface area contributed by atoms with Crippen molar-refractivity contribution in [2.45, 2.75) is 0 Å². The van der Waals surface area contributed by atoms with Gasteiger partial charge in [-0.25, -0.2) is 9.97 Å². The van der Waals surface area contributed by atoms with Gasteiger partial charge in [0.2, 0.25) is 0 Å². The second-order valence-corrected chi connectivity index (χ2v) is 7.73. The third-order valence-electron chi connectivity index (χ3n) is 5.46. The summed E-state index contributed by atoms with van der Waals surface area (Å²) in [6.45, 7) is 0. The van der Waals surface area contributed by atoms with Gasteiger partial charge in [-0.15, -0.1) is 0 Å². The van der Waals surface area contributed by atoms with Crippen molar-refractivity contribution in [2.75, 3.05) is 0 Å². The summed E-state index contributed by atoms with van der Waals surface area (Å²) in [6, 6.07) is 25.1. The monoisotopic (exact) mass is 414 g/mol. The molecule has 2 aliphatic heterocycles. The first-order valence-corrected chi connectivity index (χ1v) is 10.4. The van der Waals surface area contributed by atoms with Crippen molar-refractivity contribution < 1.29 is 4.79 Å². The van der Waals surface area contributed by atoms with Gasteiger partial charge in [-0.2, -0.15) is 0 Å². The van der Waals surface area contributed by atoms with E-state index in [2.05, 4.69) is 4.98 Å². The summed E-state index contributed by atoms with van der Waals surface area (Å²) in [7, 11) is 0. The lowest BCUT2D eigenvalue weighted by molar-refractivity contribution is 0.0969. The molecule has 0 aliphatic carbocycles. The Kier molecular flexibility index (Phi) is 4.18. The quantitative estimate of drug-likeness (QED) is 0.369. The van der Waals surface area contributed by atoms with Crippen molar-refractivity contribution >= 4 is 52.3 Å². The van der Waals surface area contributed by atoms with Crippen molar-refractivity contribution in [3.63, 3.8) is 0 Å². The Morgan fingerprint density at radius 1 is 0.625 bits per heavy atom. The van der Waals surface area contributed by atoms with Gasteiger partial charge in [-0.3, -0.25) is 9.36 Å². The predicted molar refractivity (Wildman–Crippen MR) is 129 cm³/mol. The van der Waals surface area contributed by atoms with Crippen LogP contribution < -0.4 is 0 Å². The Hall–Kier alpha value is -4.51. The summed E-state index contributed by atoms with van der Waals surface area (Å²) >= 11 is 0. The van der Waals surface area contributed by atoms with Gasteiger partial charge in [0.1, 0.15) is 0 Å². The van der Waals surface area contributed by atoms with Crippen LogP contribution in [0.2, 0.25) is 0 Å². The van der Waals surface area contributed by atoms with Crippen LogP contribution in [0.3, 0.4) is 0 Å². The number of carbonyl (C=O) groups excluding carboxylic acids is 1. The molecule has 5 nitrogen and oxygen atoms in total. The maximum absolute atomic E-state index is 13.4. The summed E-state index contributed by atoms with van der Waals surface area (Å²) in [4.78, 5) is 26.2. The highest BCUT2D eigenvalue weighted by atomic mass is 16.2. The third-order valence-corrected chi connectivity index (χ3v) is 5.46. The summed E-state index contributed by atoms with van der Waals surface area (Å²) in [5.74, 6) is -0.0940. The minimum atomic E-state index is -0.0940. The third kappa shape index (κ3) is 3.36. The van der Waals surface area contributed by atoms with Crippen LogP contribution in [0.5, 0.6) is 0 Å². The smallest absolute Gasteiger partial charge is 0.262 e. The molecule has 4 aromatic rings. The van der Waals surface area contributed by atoms with Gasteiger partial charge in [0.05, 0.1) is 33.8 Å². The number of carbonyl (C=O) groups is 1. The molecule has 0 fully saturated rings. The van der Waals surface area contributed by atoms with E-state index in [0.717, 1.165) is 44.8 Å². The van der Waals surface area contributed by atoms with Crippen LogP contribution in [0.15, 0.2) is 78.9 Å². The number of H-pyrrole nitrogens is 1. The lowest BCUT2D eigenvalue weighted by atomic mass is 10.2. The average molecular weight is 414 g/mol. The fourth-order valence-electron chi connectivity index (χ4n) is 3.97. The van der Waals surface area contributed by atoms with Gasteiger partial charge in [0.25, 0.3) is 5.91 Å². The second-order valence-electron chi connectivity index (χ2n) is 7.73. The van der Waals surface area contributed by atoms with Crippen molar-refractivity contribution in [1.29, 1.82) is 0 Å². The second kappa shape index (κ2) is 7.32. The zero-order chi connectivity index (χ0) is 21.5. The number of aromatic amines is 1. The molecule has 2 aliphatic rings. The van der Waals surface area contributed by atoms with E-state index in [1.807, 2.05) is 103 Å². The van der Waals surface area contributed by atoms with E-state index in [1.54, 1.807) is 4.57 Å². The van der Waals surface area contributed by atoms with E-state index in [4.69, 9.17) is 9.97 Å². The van der Waals surface area contributed by atoms with Crippen molar-refractivity contribution in [3.8, 4) is 0 Å². The molecule has 0 saturated carbocycles. The van der Waals surface area contributed by atoms with Gasteiger partial charge in [-0.1, -0.05) is 18.2 Å². The molecule has 0 radical (unpaired) electrons. The Balaban J connectivity index is 1.68. The lowest BCUT2D eigenvalue weighted by Gasteiger charge is -2.05. The van der Waals surface area contributed by atoms with Crippen molar-refractivity contribution in [1.82, 2.24) is 19.5 Å². The number of aromatic nitrogens is 4. The number of hydrogen-bond donors (Lipinski definition) is 1. The maximum Gasteiger partial charge on any atom is 0.262 e. The molecule has 3 aromatic heterocycles. The molecular formula is C27H18N4O. The number of hydrogen-bond acceptors (Lipinski definition) is 3. The highest BCUT2D eigenvalue weighted by Gasteiger charge is 2.12. The lowest BCUT2D eigenvalue weighted by Crippen LogP contribution is -2.11. The van der Waals surface area contributed by atoms with Crippen LogP contribution in [0.25, 0.3) is 46.4 Å². The molecule has 5 heterocycles. The summed E-state index contributed by atoms with van der Waals surface area (Å²) in [5.41, 5.74) is 7.38. The standard InChI is InChI=1S/C27H18N4O/c32-27(18-4-2-1-3-5-18)31-25-12-13-26(31)17-24-11-9-22(30-24)15-20-7-6-19(28-20)14-21-8-10-23(16-25)29-21/h1-17,28H. The van der Waals surface area contributed by atoms with Crippen LogP contribution in [-0.4, -0.2) is 25.4 Å². The van der Waals surface area contributed by atoms with Gasteiger partial charge in [0, 0.05) is 16.6 Å². The molecule has 1 aromatic carbocycles. The molecule has 0 atom stereocenters. The molecule has 5 heteroatoms. The topological polar surface area (TPSA) is 63.6 Å². The van der Waals surface area contributed by atoms with Crippen molar-refractivity contribution in [3.05, 3.63) is 107 Å². The zero-order valence-electron chi connectivity index (χ0n) is 17.1. The number of nitrogens with one attached hydrogen (secondary N) is 1. The maximum atomic E-state index is 13.4. The van der Waals surface area contributed by atoms with Gasteiger partial charge in [0.15, 0.2) is 0 Å². The van der Waals surface area contributed by atoms with E-state index in [-0.39, 0.29) is 5.91 Å². The Labute approximate surface area is 184 Å². The first kappa shape index (κ1) is 18.3. The Morgan fingerprint density at radius 3 is 1.66 bits per heavy atom. The molecule has 0 unspecified atom stereocenters. The van der Waals surface area contributed by atoms with Crippen LogP contribution in [0.1, 0.15) is 33.1 Å². The molecule has 8 bridgehead atoms. The number of nitrogens with zero attached hydrogens (tertiary/aromatic N) is 3. The number of benzene rings is 1. The first-order valence-electron chi connectivity index (χ1n) is 10.4. The molecule has 6 rings (SSSR count). The van der Waals surface area contributed by atoms with Gasteiger partial charge < -0.3 is 4.98 Å². The fraction of sp³-hybridized carbons (Fsp3) is 0. The van der Waals surface area contributed by atoms with E-state index in [1.165, 1.54) is 0 Å². The van der Waals surface area contributed by atoms with Crippen LogP contribution in [-0.2, 0) is 0 Å². The van der Waals surface area contributed by atoms with Crippen LogP contribution >= 0.6 is 0 Å². The highest BCUT2D eigenvalue weighted by Crippen LogP contribution is 2.20. The Bertz CT molecular complexity index is 1500. The number of fused-ring (bicyclic) bond motifs is 8. The van der Waals surface area contributed by atoms with Crippen LogP contribution in [0.4, 0.5) is 0 Å². The van der Waals surface area contributed by atoms with Crippen molar-refractivity contribution in [2.24, 2.45) is 0 Å². The average Bonchev–Trinajstić information content (AvgIpc) is 3.59. The molecule has 0 amide bonds. The highest BCUT2D eigenvalue weighted by molar-refractivity contribution is 6.02. The summed E-state index contributed by atoms with van der Waals surface area (Å²) in [6.07, 6.45) is 7.85. The largest absolute Gasteiger partial charge is 0.355 e. The van der Waals surface area contributed by atoms with E-state index in [9.17, 15) is 4.79 Å². The van der Waals surface area contributed by atoms with E-state index >= 15 is 0 Å². The van der Waals surface area contributed by atoms with Crippen LogP contribution in [0, 0.1) is 0 Å². The molecule has 1 N–H and O–H groups in total. The first-order chi connectivity index (χ1) is 15.7. The zero-order valence-corrected chi connectivity index (χ0v) is 17.1. The fourth-order valence-corrected chi connectivity index (χ4v) is 3.97. The normalized spacial score (nSPS) is 12.2. The minimum absolute atomic E-state index is 0.0940. The SMILES string of the molecule is O=C(c1ccccc1)n1c2ccc1cc1nc(cc3ccc(cc4nc(c2)C=C4)[nH]3)C=C1. The van der Waals surface area contributed by atoms with E-state index < -0.39 is 0 Å². The Morgan fingerprint density at radius 2 is 1.12 bits per heavy atom.